The lowest BCUT2D eigenvalue weighted by molar-refractivity contribution is -0.144. The van der Waals surface area contributed by atoms with E-state index in [1.54, 1.807) is 6.92 Å². The zero-order valence-corrected chi connectivity index (χ0v) is 13.9. The van der Waals surface area contributed by atoms with Gasteiger partial charge >= 0.3 is 5.97 Å². The standard InChI is InChI=1S/C17H24N2O5/c1-3-11(2)15(17(22)23)18-16(21)13(10-14(20)19-24)9-12-7-5-4-6-8-12/h4-8,11,13,15,24H,3,9-10H2,1-2H3,(H,18,21)(H,19,20)(H,22,23)/t11-,13+,15-/m0/s1. The average Bonchev–Trinajstić information content (AvgIpc) is 2.58. The number of amides is 2. The van der Waals surface area contributed by atoms with Gasteiger partial charge in [0.15, 0.2) is 0 Å². The van der Waals surface area contributed by atoms with Crippen LogP contribution in [0.25, 0.3) is 0 Å². The van der Waals surface area contributed by atoms with E-state index in [-0.39, 0.29) is 18.8 Å². The molecule has 3 atom stereocenters. The van der Waals surface area contributed by atoms with Crippen molar-refractivity contribution in [2.45, 2.75) is 39.2 Å². The highest BCUT2D eigenvalue weighted by Gasteiger charge is 2.29. The molecule has 0 unspecified atom stereocenters. The molecule has 7 nitrogen and oxygen atoms in total. The molecule has 1 aromatic carbocycles. The summed E-state index contributed by atoms with van der Waals surface area (Å²) in [6.45, 7) is 3.58. The Morgan fingerprint density at radius 3 is 2.29 bits per heavy atom. The third-order valence-electron chi connectivity index (χ3n) is 4.03. The van der Waals surface area contributed by atoms with Gasteiger partial charge in [-0.3, -0.25) is 14.8 Å². The highest BCUT2D eigenvalue weighted by molar-refractivity contribution is 5.88. The minimum absolute atomic E-state index is 0.232. The lowest BCUT2D eigenvalue weighted by Crippen LogP contribution is -2.48. The fourth-order valence-electron chi connectivity index (χ4n) is 2.38. The Balaban J connectivity index is 2.89. The maximum atomic E-state index is 12.5. The molecule has 0 aromatic heterocycles. The lowest BCUT2D eigenvalue weighted by atomic mass is 9.93. The third kappa shape index (κ3) is 6.00. The minimum atomic E-state index is -1.11. The van der Waals surface area contributed by atoms with Crippen molar-refractivity contribution >= 4 is 17.8 Å². The van der Waals surface area contributed by atoms with Crippen LogP contribution >= 0.6 is 0 Å². The summed E-state index contributed by atoms with van der Waals surface area (Å²) in [5.41, 5.74) is 2.36. The summed E-state index contributed by atoms with van der Waals surface area (Å²) in [6, 6.07) is 8.09. The second kappa shape index (κ2) is 9.67. The van der Waals surface area contributed by atoms with Crippen LogP contribution in [0, 0.1) is 11.8 Å². The van der Waals surface area contributed by atoms with Crippen LogP contribution < -0.4 is 10.8 Å². The van der Waals surface area contributed by atoms with Gasteiger partial charge in [0, 0.05) is 6.42 Å². The van der Waals surface area contributed by atoms with Crippen LogP contribution in [0.5, 0.6) is 0 Å². The predicted octanol–water partition coefficient (Wildman–Crippen LogP) is 1.36. The van der Waals surface area contributed by atoms with Crippen molar-refractivity contribution in [3.05, 3.63) is 35.9 Å². The van der Waals surface area contributed by atoms with Crippen LogP contribution in [0.2, 0.25) is 0 Å². The Bertz CT molecular complexity index is 561. The number of hydrogen-bond donors (Lipinski definition) is 4. The fourth-order valence-corrected chi connectivity index (χ4v) is 2.38. The van der Waals surface area contributed by atoms with Gasteiger partial charge in [-0.15, -0.1) is 0 Å². The first-order valence-electron chi connectivity index (χ1n) is 7.89. The van der Waals surface area contributed by atoms with Crippen molar-refractivity contribution in [2.75, 3.05) is 0 Å². The van der Waals surface area contributed by atoms with Gasteiger partial charge in [0.25, 0.3) is 0 Å². The van der Waals surface area contributed by atoms with E-state index >= 15 is 0 Å². The van der Waals surface area contributed by atoms with Crippen molar-refractivity contribution in [1.29, 1.82) is 0 Å². The molecule has 0 saturated carbocycles. The maximum Gasteiger partial charge on any atom is 0.326 e. The average molecular weight is 336 g/mol. The number of benzene rings is 1. The second-order valence-electron chi connectivity index (χ2n) is 5.84. The Labute approximate surface area is 141 Å². The number of carboxylic acids is 1. The smallest absolute Gasteiger partial charge is 0.326 e. The van der Waals surface area contributed by atoms with Gasteiger partial charge in [-0.2, -0.15) is 0 Å². The van der Waals surface area contributed by atoms with Crippen molar-refractivity contribution < 1.29 is 24.7 Å². The summed E-state index contributed by atoms with van der Waals surface area (Å²) >= 11 is 0. The normalized spacial score (nSPS) is 14.3. The molecule has 0 aliphatic carbocycles. The van der Waals surface area contributed by atoms with Crippen LogP contribution in [0.4, 0.5) is 0 Å². The molecule has 0 aliphatic rings. The summed E-state index contributed by atoms with van der Waals surface area (Å²) in [5.74, 6) is -3.33. The molecule has 2 amide bonds. The van der Waals surface area contributed by atoms with Crippen molar-refractivity contribution in [3.63, 3.8) is 0 Å². The topological polar surface area (TPSA) is 116 Å². The van der Waals surface area contributed by atoms with Crippen molar-refractivity contribution in [2.24, 2.45) is 11.8 Å². The van der Waals surface area contributed by atoms with Crippen LogP contribution in [-0.4, -0.2) is 34.1 Å². The first kappa shape index (κ1) is 19.6. The molecule has 0 radical (unpaired) electrons. The van der Waals surface area contributed by atoms with E-state index in [0.717, 1.165) is 5.56 Å². The number of carbonyl (C=O) groups excluding carboxylic acids is 2. The number of hydroxylamine groups is 1. The largest absolute Gasteiger partial charge is 0.480 e. The van der Waals surface area contributed by atoms with Gasteiger partial charge < -0.3 is 10.4 Å². The fraction of sp³-hybridized carbons (Fsp3) is 0.471. The second-order valence-corrected chi connectivity index (χ2v) is 5.84. The number of rotatable bonds is 9. The summed E-state index contributed by atoms with van der Waals surface area (Å²) in [6.07, 6.45) is 0.634. The number of aliphatic carboxylic acids is 1. The van der Waals surface area contributed by atoms with Gasteiger partial charge in [-0.1, -0.05) is 50.6 Å². The Hall–Kier alpha value is -2.41. The highest BCUT2D eigenvalue weighted by Crippen LogP contribution is 2.15. The Morgan fingerprint density at radius 1 is 1.17 bits per heavy atom. The van der Waals surface area contributed by atoms with E-state index in [2.05, 4.69) is 5.32 Å². The molecule has 0 aliphatic heterocycles. The summed E-state index contributed by atoms with van der Waals surface area (Å²) < 4.78 is 0. The molecular formula is C17H24N2O5. The first-order valence-corrected chi connectivity index (χ1v) is 7.89. The van der Waals surface area contributed by atoms with Gasteiger partial charge in [0.05, 0.1) is 5.92 Å². The van der Waals surface area contributed by atoms with Crippen molar-refractivity contribution in [3.8, 4) is 0 Å². The van der Waals surface area contributed by atoms with Crippen LogP contribution in [0.3, 0.4) is 0 Å². The zero-order chi connectivity index (χ0) is 18.1. The zero-order valence-electron chi connectivity index (χ0n) is 13.9. The number of carboxylic acid groups (broad SMARTS) is 1. The number of hydrogen-bond acceptors (Lipinski definition) is 4. The number of nitrogens with one attached hydrogen (secondary N) is 2. The maximum absolute atomic E-state index is 12.5. The highest BCUT2D eigenvalue weighted by atomic mass is 16.5. The predicted molar refractivity (Wildman–Crippen MR) is 87.2 cm³/mol. The molecule has 1 aromatic rings. The van der Waals surface area contributed by atoms with Gasteiger partial charge in [0.2, 0.25) is 11.8 Å². The third-order valence-corrected chi connectivity index (χ3v) is 4.03. The SMILES string of the molecule is CC[C@H](C)[C@H](NC(=O)[C@@H](CC(=O)NO)Cc1ccccc1)C(=O)O. The molecule has 4 N–H and O–H groups in total. The number of carbonyl (C=O) groups is 3. The monoisotopic (exact) mass is 336 g/mol. The quantitative estimate of drug-likeness (QED) is 0.401. The first-order chi connectivity index (χ1) is 11.4. The molecule has 0 saturated heterocycles. The van der Waals surface area contributed by atoms with E-state index < -0.39 is 29.7 Å². The van der Waals surface area contributed by atoms with Crippen LogP contribution in [0.15, 0.2) is 30.3 Å². The van der Waals surface area contributed by atoms with Gasteiger partial charge in [0.1, 0.15) is 6.04 Å². The van der Waals surface area contributed by atoms with E-state index in [1.165, 1.54) is 5.48 Å². The molecule has 1 rings (SSSR count). The van der Waals surface area contributed by atoms with E-state index in [1.807, 2.05) is 37.3 Å². The summed E-state index contributed by atoms with van der Waals surface area (Å²) in [4.78, 5) is 35.3. The van der Waals surface area contributed by atoms with Crippen LogP contribution in [0.1, 0.15) is 32.3 Å². The molecule has 0 fully saturated rings. The van der Waals surface area contributed by atoms with Gasteiger partial charge in [-0.25, -0.2) is 10.3 Å². The molecule has 24 heavy (non-hydrogen) atoms. The van der Waals surface area contributed by atoms with E-state index in [4.69, 9.17) is 5.21 Å². The molecule has 132 valence electrons. The summed E-state index contributed by atoms with van der Waals surface area (Å²) in [5, 5.41) is 20.5. The van der Waals surface area contributed by atoms with Gasteiger partial charge in [-0.05, 0) is 17.9 Å². The van der Waals surface area contributed by atoms with Crippen LogP contribution in [-0.2, 0) is 20.8 Å². The Kier molecular flexibility index (Phi) is 7.91. The Morgan fingerprint density at radius 2 is 1.79 bits per heavy atom. The molecule has 0 bridgehead atoms. The van der Waals surface area contributed by atoms with E-state index in [0.29, 0.717) is 6.42 Å². The molecule has 7 heteroatoms. The molecule has 0 spiro atoms. The lowest BCUT2D eigenvalue weighted by Gasteiger charge is -2.23. The van der Waals surface area contributed by atoms with Crippen molar-refractivity contribution in [1.82, 2.24) is 10.8 Å². The van der Waals surface area contributed by atoms with E-state index in [9.17, 15) is 19.5 Å². The summed E-state index contributed by atoms with van der Waals surface area (Å²) in [7, 11) is 0. The molecular weight excluding hydrogens is 312 g/mol. The minimum Gasteiger partial charge on any atom is -0.480 e. The molecule has 0 heterocycles.